The molecule has 7 heteroatoms. The number of fused-ring (bicyclic) bond motifs is 1. The van der Waals surface area contributed by atoms with Crippen LogP contribution in [0, 0.1) is 0 Å². The van der Waals surface area contributed by atoms with E-state index in [-0.39, 0.29) is 5.56 Å². The van der Waals surface area contributed by atoms with Crippen LogP contribution in [0.2, 0.25) is 0 Å². The average Bonchev–Trinajstić information content (AvgIpc) is 3.00. The highest BCUT2D eigenvalue weighted by Crippen LogP contribution is 2.19. The molecule has 0 radical (unpaired) electrons. The Balaban J connectivity index is 1.89. The van der Waals surface area contributed by atoms with Gasteiger partial charge in [0, 0.05) is 12.4 Å². The fourth-order valence-electron chi connectivity index (χ4n) is 2.21. The van der Waals surface area contributed by atoms with E-state index in [1.54, 1.807) is 24.5 Å². The van der Waals surface area contributed by atoms with Gasteiger partial charge in [0.25, 0.3) is 5.56 Å². The number of aromatic nitrogens is 6. The molecule has 22 heavy (non-hydrogen) atoms. The van der Waals surface area contributed by atoms with Crippen LogP contribution in [-0.4, -0.2) is 30.1 Å². The third kappa shape index (κ3) is 2.05. The molecule has 0 amide bonds. The Labute approximate surface area is 124 Å². The topological polar surface area (TPSA) is 100 Å². The molecule has 0 aliphatic rings. The van der Waals surface area contributed by atoms with Crippen molar-refractivity contribution in [1.82, 2.24) is 30.1 Å². The lowest BCUT2D eigenvalue weighted by atomic mass is 10.2. The Hall–Kier alpha value is -3.35. The summed E-state index contributed by atoms with van der Waals surface area (Å²) in [4.78, 5) is 27.9. The predicted molar refractivity (Wildman–Crippen MR) is 81.0 cm³/mol. The van der Waals surface area contributed by atoms with Gasteiger partial charge in [-0.15, -0.1) is 0 Å². The number of benzene rings is 1. The molecule has 1 aromatic carbocycles. The number of imidazole rings is 1. The smallest absolute Gasteiger partial charge is 0.275 e. The van der Waals surface area contributed by atoms with E-state index in [2.05, 4.69) is 30.1 Å². The van der Waals surface area contributed by atoms with Gasteiger partial charge < -0.3 is 4.98 Å². The number of aromatic amines is 2. The Morgan fingerprint density at radius 2 is 1.82 bits per heavy atom. The molecule has 3 aromatic heterocycles. The van der Waals surface area contributed by atoms with Crippen LogP contribution in [0.15, 0.2) is 53.6 Å². The zero-order valence-corrected chi connectivity index (χ0v) is 11.3. The predicted octanol–water partition coefficient (Wildman–Crippen LogP) is 1.77. The number of nitrogens with one attached hydrogen (secondary N) is 2. The average molecular weight is 290 g/mol. The highest BCUT2D eigenvalue weighted by atomic mass is 16.1. The minimum Gasteiger partial charge on any atom is -0.338 e. The van der Waals surface area contributed by atoms with Crippen molar-refractivity contribution in [3.63, 3.8) is 0 Å². The number of rotatable bonds is 2. The second-order valence-corrected chi connectivity index (χ2v) is 4.67. The molecular weight excluding hydrogens is 280 g/mol. The number of para-hydroxylation sites is 2. The molecule has 3 heterocycles. The highest BCUT2D eigenvalue weighted by molar-refractivity contribution is 5.79. The Morgan fingerprint density at radius 1 is 1.00 bits per heavy atom. The number of nitrogens with zero attached hydrogens (tertiary/aromatic N) is 4. The molecule has 4 aromatic rings. The van der Waals surface area contributed by atoms with Gasteiger partial charge >= 0.3 is 0 Å². The summed E-state index contributed by atoms with van der Waals surface area (Å²) < 4.78 is 0. The van der Waals surface area contributed by atoms with Crippen LogP contribution in [-0.2, 0) is 0 Å². The van der Waals surface area contributed by atoms with Crippen molar-refractivity contribution < 1.29 is 0 Å². The van der Waals surface area contributed by atoms with Gasteiger partial charge in [-0.1, -0.05) is 12.1 Å². The molecule has 0 saturated carbocycles. The molecule has 0 bridgehead atoms. The fourth-order valence-corrected chi connectivity index (χ4v) is 2.21. The zero-order chi connectivity index (χ0) is 14.9. The van der Waals surface area contributed by atoms with Gasteiger partial charge in [-0.2, -0.15) is 5.10 Å². The van der Waals surface area contributed by atoms with Crippen molar-refractivity contribution in [1.29, 1.82) is 0 Å². The first-order valence-corrected chi connectivity index (χ1v) is 6.63. The summed E-state index contributed by atoms with van der Waals surface area (Å²) in [5.74, 6) is 0.929. The maximum absolute atomic E-state index is 12.1. The first-order chi connectivity index (χ1) is 10.8. The summed E-state index contributed by atoms with van der Waals surface area (Å²) >= 11 is 0. The largest absolute Gasteiger partial charge is 0.338 e. The molecule has 0 spiro atoms. The summed E-state index contributed by atoms with van der Waals surface area (Å²) in [5.41, 5.74) is 2.22. The van der Waals surface area contributed by atoms with Gasteiger partial charge in [-0.3, -0.25) is 4.79 Å². The van der Waals surface area contributed by atoms with Gasteiger partial charge in [-0.05, 0) is 24.3 Å². The minimum absolute atomic E-state index is 0.321. The van der Waals surface area contributed by atoms with Gasteiger partial charge in [0.2, 0.25) is 0 Å². The molecular formula is C15H10N6O. The Kier molecular flexibility index (Phi) is 2.75. The van der Waals surface area contributed by atoms with Crippen LogP contribution in [0.5, 0.6) is 0 Å². The van der Waals surface area contributed by atoms with Gasteiger partial charge in [0.15, 0.2) is 5.82 Å². The van der Waals surface area contributed by atoms with Crippen LogP contribution >= 0.6 is 0 Å². The van der Waals surface area contributed by atoms with E-state index >= 15 is 0 Å². The van der Waals surface area contributed by atoms with E-state index in [9.17, 15) is 4.79 Å². The van der Waals surface area contributed by atoms with E-state index in [0.717, 1.165) is 11.0 Å². The maximum atomic E-state index is 12.1. The highest BCUT2D eigenvalue weighted by Gasteiger charge is 2.12. The molecule has 0 aliphatic heterocycles. The third-order valence-corrected chi connectivity index (χ3v) is 3.24. The van der Waals surface area contributed by atoms with Gasteiger partial charge in [0.1, 0.15) is 11.5 Å². The molecule has 0 saturated heterocycles. The Bertz CT molecular complexity index is 972. The second kappa shape index (κ2) is 4.88. The molecule has 2 N–H and O–H groups in total. The van der Waals surface area contributed by atoms with E-state index in [0.29, 0.717) is 22.9 Å². The normalized spacial score (nSPS) is 10.9. The van der Waals surface area contributed by atoms with E-state index < -0.39 is 0 Å². The summed E-state index contributed by atoms with van der Waals surface area (Å²) in [6, 6.07) is 10.9. The standard InChI is InChI=1S/C15H10N6O/c22-15-9(13-18-10-4-1-2-5-11(10)19-13)8-12(20-21-15)14-16-6-3-7-17-14/h1-8H,(H,18,19)(H,21,22). The number of hydrogen-bond acceptors (Lipinski definition) is 5. The molecule has 4 rings (SSSR count). The number of H-pyrrole nitrogens is 2. The van der Waals surface area contributed by atoms with Crippen molar-refractivity contribution >= 4 is 11.0 Å². The molecule has 106 valence electrons. The lowest BCUT2D eigenvalue weighted by molar-refractivity contribution is 0.975. The Morgan fingerprint density at radius 3 is 2.64 bits per heavy atom. The summed E-state index contributed by atoms with van der Waals surface area (Å²) in [7, 11) is 0. The van der Waals surface area contributed by atoms with Crippen molar-refractivity contribution in [2.45, 2.75) is 0 Å². The molecule has 0 unspecified atom stereocenters. The quantitative estimate of drug-likeness (QED) is 0.586. The first kappa shape index (κ1) is 12.4. The van der Waals surface area contributed by atoms with E-state index in [1.807, 2.05) is 24.3 Å². The van der Waals surface area contributed by atoms with Crippen molar-refractivity contribution in [2.75, 3.05) is 0 Å². The SMILES string of the molecule is O=c1[nH]nc(-c2ncccn2)cc1-c1nc2ccccc2[nH]1. The van der Waals surface area contributed by atoms with Gasteiger partial charge in [0.05, 0.1) is 16.6 Å². The molecule has 7 nitrogen and oxygen atoms in total. The first-order valence-electron chi connectivity index (χ1n) is 6.63. The third-order valence-electron chi connectivity index (χ3n) is 3.24. The molecule has 0 fully saturated rings. The van der Waals surface area contributed by atoms with Crippen LogP contribution in [0.25, 0.3) is 33.9 Å². The van der Waals surface area contributed by atoms with Crippen LogP contribution in [0.1, 0.15) is 0 Å². The summed E-state index contributed by atoms with van der Waals surface area (Å²) in [6.07, 6.45) is 3.24. The van der Waals surface area contributed by atoms with E-state index in [1.165, 1.54) is 0 Å². The minimum atomic E-state index is -0.321. The maximum Gasteiger partial charge on any atom is 0.275 e. The monoisotopic (exact) mass is 290 g/mol. The van der Waals surface area contributed by atoms with Crippen LogP contribution in [0.4, 0.5) is 0 Å². The number of hydrogen-bond donors (Lipinski definition) is 2. The van der Waals surface area contributed by atoms with Crippen molar-refractivity contribution in [3.05, 3.63) is 59.1 Å². The lowest BCUT2D eigenvalue weighted by Gasteiger charge is -2.00. The summed E-state index contributed by atoms with van der Waals surface area (Å²) in [5, 5.41) is 6.45. The van der Waals surface area contributed by atoms with Crippen LogP contribution in [0.3, 0.4) is 0 Å². The van der Waals surface area contributed by atoms with Gasteiger partial charge in [-0.25, -0.2) is 20.1 Å². The zero-order valence-electron chi connectivity index (χ0n) is 11.3. The summed E-state index contributed by atoms with van der Waals surface area (Å²) in [6.45, 7) is 0. The van der Waals surface area contributed by atoms with Crippen molar-refractivity contribution in [2.24, 2.45) is 0 Å². The van der Waals surface area contributed by atoms with Crippen molar-refractivity contribution in [3.8, 4) is 22.9 Å². The molecule has 0 atom stereocenters. The second-order valence-electron chi connectivity index (χ2n) is 4.67. The fraction of sp³-hybridized carbons (Fsp3) is 0. The van der Waals surface area contributed by atoms with E-state index in [4.69, 9.17) is 0 Å². The van der Waals surface area contributed by atoms with Crippen LogP contribution < -0.4 is 5.56 Å². The molecule has 0 aliphatic carbocycles. The lowest BCUT2D eigenvalue weighted by Crippen LogP contribution is -2.12.